The van der Waals surface area contributed by atoms with Crippen molar-refractivity contribution in [3.8, 4) is 0 Å². The van der Waals surface area contributed by atoms with Gasteiger partial charge in [-0.25, -0.2) is 0 Å². The molecule has 0 aliphatic heterocycles. The molecule has 1 fully saturated rings. The Morgan fingerprint density at radius 2 is 1.89 bits per heavy atom. The van der Waals surface area contributed by atoms with Gasteiger partial charge in [-0.2, -0.15) is 11.2 Å². The van der Waals surface area contributed by atoms with Gasteiger partial charge in [-0.05, 0) is 30.5 Å². The molecule has 19 heavy (non-hydrogen) atoms. The summed E-state index contributed by atoms with van der Waals surface area (Å²) in [7, 11) is -1.10. The summed E-state index contributed by atoms with van der Waals surface area (Å²) in [6.07, 6.45) is 8.75. The van der Waals surface area contributed by atoms with E-state index in [1.54, 1.807) is 0 Å². The molecule has 0 bridgehead atoms. The average Bonchev–Trinajstić information content (AvgIpc) is 2.36. The van der Waals surface area contributed by atoms with E-state index in [9.17, 15) is 0 Å². The van der Waals surface area contributed by atoms with Crippen molar-refractivity contribution in [2.45, 2.75) is 62.7 Å². The van der Waals surface area contributed by atoms with Crippen LogP contribution < -0.4 is 0 Å². The number of hydrogen-bond donors (Lipinski definition) is 0. The van der Waals surface area contributed by atoms with Gasteiger partial charge in [0.1, 0.15) is 7.22 Å². The lowest BCUT2D eigenvalue weighted by Gasteiger charge is -2.17. The van der Waals surface area contributed by atoms with Crippen LogP contribution in [0, 0.1) is 0 Å². The van der Waals surface area contributed by atoms with Gasteiger partial charge in [0.25, 0.3) is 0 Å². The first kappa shape index (κ1) is 14.9. The molecule has 0 unspecified atom stereocenters. The molecule has 0 heterocycles. The molecule has 1 saturated carbocycles. The van der Waals surface area contributed by atoms with E-state index in [4.69, 9.17) is 4.99 Å². The fraction of sp³-hybridized carbons (Fsp3) is 0.562. The minimum absolute atomic E-state index is 0.571. The first-order chi connectivity index (χ1) is 9.03. The van der Waals surface area contributed by atoms with Crippen molar-refractivity contribution >= 4 is 24.6 Å². The molecule has 0 saturated heterocycles. The molecule has 1 aliphatic carbocycles. The third-order valence-electron chi connectivity index (χ3n) is 3.29. The normalized spacial score (nSPS) is 18.1. The van der Waals surface area contributed by atoms with E-state index in [1.165, 1.54) is 42.6 Å². The fourth-order valence-electron chi connectivity index (χ4n) is 2.43. The second kappa shape index (κ2) is 6.75. The van der Waals surface area contributed by atoms with Crippen molar-refractivity contribution in [3.05, 3.63) is 29.8 Å². The molecule has 0 radical (unpaired) electrons. The monoisotopic (exact) mass is 291 g/mol. The molecule has 0 amide bonds. The smallest absolute Gasteiger partial charge is 0.114 e. The summed E-state index contributed by atoms with van der Waals surface area (Å²) in [5, 5.41) is 0. The first-order valence-electron chi connectivity index (χ1n) is 7.35. The SMILES string of the molecule is C[Si](C)(C)Sc1cccc(C=NC2CCCCC2)c1. The standard InChI is InChI=1S/C16H25NSSi/c1-19(2,3)18-16-11-7-8-14(12-16)13-17-15-9-5-4-6-10-15/h7-8,11-13,15H,4-6,9-10H2,1-3H3. The van der Waals surface area contributed by atoms with Crippen LogP contribution in [0.25, 0.3) is 0 Å². The van der Waals surface area contributed by atoms with Gasteiger partial charge in [0.2, 0.25) is 0 Å². The van der Waals surface area contributed by atoms with Gasteiger partial charge in [0, 0.05) is 17.2 Å². The number of nitrogens with zero attached hydrogens (tertiary/aromatic N) is 1. The summed E-state index contributed by atoms with van der Waals surface area (Å²) in [5.41, 5.74) is 1.26. The van der Waals surface area contributed by atoms with E-state index < -0.39 is 7.22 Å². The maximum absolute atomic E-state index is 4.77. The van der Waals surface area contributed by atoms with Crippen LogP contribution in [0.1, 0.15) is 37.7 Å². The van der Waals surface area contributed by atoms with Gasteiger partial charge in [-0.15, -0.1) is 0 Å². The molecule has 0 aromatic heterocycles. The van der Waals surface area contributed by atoms with Crippen molar-refractivity contribution in [2.24, 2.45) is 4.99 Å². The first-order valence-corrected chi connectivity index (χ1v) is 12.4. The highest BCUT2D eigenvalue weighted by Crippen LogP contribution is 2.29. The van der Waals surface area contributed by atoms with E-state index in [0.29, 0.717) is 6.04 Å². The second-order valence-corrected chi connectivity index (χ2v) is 15.5. The molecule has 1 aromatic rings. The van der Waals surface area contributed by atoms with E-state index >= 15 is 0 Å². The maximum Gasteiger partial charge on any atom is 0.114 e. The molecule has 1 nitrogen and oxygen atoms in total. The average molecular weight is 292 g/mol. The fourth-order valence-corrected chi connectivity index (χ4v) is 5.98. The molecule has 0 N–H and O–H groups in total. The second-order valence-electron chi connectivity index (χ2n) is 6.36. The molecule has 3 heteroatoms. The predicted octanol–water partition coefficient (Wildman–Crippen LogP) is 5.37. The topological polar surface area (TPSA) is 12.4 Å². The number of rotatable bonds is 4. The Balaban J connectivity index is 2.00. The molecule has 1 aliphatic rings. The summed E-state index contributed by atoms with van der Waals surface area (Å²) in [6, 6.07) is 9.41. The lowest BCUT2D eigenvalue weighted by molar-refractivity contribution is 0.444. The van der Waals surface area contributed by atoms with E-state index in [0.717, 1.165) is 0 Å². The molecular weight excluding hydrogens is 266 g/mol. The third-order valence-corrected chi connectivity index (χ3v) is 6.94. The largest absolute Gasteiger partial charge is 0.289 e. The minimum Gasteiger partial charge on any atom is -0.289 e. The summed E-state index contributed by atoms with van der Waals surface area (Å²) < 4.78 is 0. The molecule has 104 valence electrons. The Morgan fingerprint density at radius 1 is 1.16 bits per heavy atom. The molecular formula is C16H25NSSi. The van der Waals surface area contributed by atoms with Crippen molar-refractivity contribution in [1.82, 2.24) is 0 Å². The number of benzene rings is 1. The summed E-state index contributed by atoms with van der Waals surface area (Å²) in [5.74, 6) is 0. The minimum atomic E-state index is -1.10. The Morgan fingerprint density at radius 3 is 2.58 bits per heavy atom. The van der Waals surface area contributed by atoms with Crippen LogP contribution in [0.15, 0.2) is 34.2 Å². The Bertz CT molecular complexity index is 431. The Hall–Kier alpha value is -0.543. The highest BCUT2D eigenvalue weighted by Gasteiger charge is 2.15. The quantitative estimate of drug-likeness (QED) is 0.537. The van der Waals surface area contributed by atoms with Crippen molar-refractivity contribution in [3.63, 3.8) is 0 Å². The van der Waals surface area contributed by atoms with Gasteiger partial charge in [0.05, 0.1) is 0 Å². The van der Waals surface area contributed by atoms with Crippen LogP contribution in [0.4, 0.5) is 0 Å². The number of hydrogen-bond acceptors (Lipinski definition) is 2. The van der Waals surface area contributed by atoms with Crippen molar-refractivity contribution in [1.29, 1.82) is 0 Å². The van der Waals surface area contributed by atoms with Crippen LogP contribution in [-0.4, -0.2) is 19.5 Å². The van der Waals surface area contributed by atoms with Gasteiger partial charge < -0.3 is 0 Å². The van der Waals surface area contributed by atoms with Crippen LogP contribution in [0.3, 0.4) is 0 Å². The van der Waals surface area contributed by atoms with Crippen LogP contribution >= 0.6 is 11.2 Å². The van der Waals surface area contributed by atoms with E-state index in [-0.39, 0.29) is 0 Å². The molecule has 1 aromatic carbocycles. The van der Waals surface area contributed by atoms with Gasteiger partial charge >= 0.3 is 0 Å². The number of aliphatic imine (C=N–C) groups is 1. The lowest BCUT2D eigenvalue weighted by Crippen LogP contribution is -2.13. The third kappa shape index (κ3) is 5.53. The zero-order valence-electron chi connectivity index (χ0n) is 12.4. The Labute approximate surface area is 122 Å². The van der Waals surface area contributed by atoms with Crippen molar-refractivity contribution < 1.29 is 0 Å². The van der Waals surface area contributed by atoms with Gasteiger partial charge in [-0.1, -0.05) is 51.0 Å². The summed E-state index contributed by atoms with van der Waals surface area (Å²) >= 11 is 2.05. The highest BCUT2D eigenvalue weighted by atomic mass is 32.4. The summed E-state index contributed by atoms with van der Waals surface area (Å²) in [4.78, 5) is 6.16. The van der Waals surface area contributed by atoms with Crippen LogP contribution in [0.2, 0.25) is 19.6 Å². The van der Waals surface area contributed by atoms with E-state index in [1.807, 2.05) is 0 Å². The molecule has 2 rings (SSSR count). The molecule has 0 spiro atoms. The van der Waals surface area contributed by atoms with Gasteiger partial charge in [0.15, 0.2) is 0 Å². The molecule has 0 atom stereocenters. The van der Waals surface area contributed by atoms with Gasteiger partial charge in [-0.3, -0.25) is 4.99 Å². The zero-order chi connectivity index (χ0) is 13.7. The summed E-state index contributed by atoms with van der Waals surface area (Å²) in [6.45, 7) is 7.17. The predicted molar refractivity (Wildman–Crippen MR) is 90.1 cm³/mol. The zero-order valence-corrected chi connectivity index (χ0v) is 14.2. The highest BCUT2D eigenvalue weighted by molar-refractivity contribution is 8.28. The van der Waals surface area contributed by atoms with Crippen LogP contribution in [0.5, 0.6) is 0 Å². The van der Waals surface area contributed by atoms with E-state index in [2.05, 4.69) is 61.3 Å². The van der Waals surface area contributed by atoms with Crippen LogP contribution in [-0.2, 0) is 0 Å². The lowest BCUT2D eigenvalue weighted by atomic mass is 9.96. The van der Waals surface area contributed by atoms with Crippen molar-refractivity contribution in [2.75, 3.05) is 0 Å². The maximum atomic E-state index is 4.77. The Kier molecular flexibility index (Phi) is 5.28.